The average Bonchev–Trinajstić information content (AvgIpc) is 0.819. The molecule has 1 saturated carbocycles. The Balaban J connectivity index is 1.66. The first-order valence-corrected chi connectivity index (χ1v) is 43.1. The number of likely N-dealkylation sites (N-methyl/N-ethyl adjacent to an activating group) is 2. The zero-order valence-electron chi connectivity index (χ0n) is 73.8. The van der Waals surface area contributed by atoms with Crippen molar-refractivity contribution < 1.29 is 121 Å². The van der Waals surface area contributed by atoms with Crippen molar-refractivity contribution in [1.29, 1.82) is 0 Å². The summed E-state index contributed by atoms with van der Waals surface area (Å²) in [7, 11) is 3.02. The molecule has 1 heterocycles. The van der Waals surface area contributed by atoms with Crippen LogP contribution < -0.4 is 91.6 Å². The summed E-state index contributed by atoms with van der Waals surface area (Å²) in [5.41, 5.74) is 17.4. The van der Waals surface area contributed by atoms with Crippen molar-refractivity contribution in [3.63, 3.8) is 0 Å². The highest BCUT2D eigenvalue weighted by molar-refractivity contribution is 7.99. The van der Waals surface area contributed by atoms with Crippen molar-refractivity contribution >= 4 is 141 Å². The van der Waals surface area contributed by atoms with E-state index in [0.29, 0.717) is 27.5 Å². The van der Waals surface area contributed by atoms with E-state index in [1.807, 2.05) is 0 Å². The van der Waals surface area contributed by atoms with E-state index in [0.717, 1.165) is 25.6 Å². The predicted molar refractivity (Wildman–Crippen MR) is 470 cm³/mol. The second-order valence-corrected chi connectivity index (χ2v) is 34.2. The summed E-state index contributed by atoms with van der Waals surface area (Å²) >= 11 is 1.03. The molecule has 25 N–H and O–H groups in total. The Morgan fingerprint density at radius 1 is 0.515 bits per heavy atom. The number of aliphatic carboxylic acids is 4. The standard InChI is InChI=1S/C85H121N19O25S/c1-11-46(12-2)41-130-42-62-83(128)92-53(27-30-66(109)110)75(120)97-58(37-67(111)112)80(125)94-54(33-47-19-14-13-15-20-47)77(122)96-56(35-50-25-28-63(50)105)78(123)98-59(38-68(113)114)81(126)102-69(85(6,7)8)84(129)99-60(70(88)115)39-103(9)31-32-104(10)40-61(100-71(116)43(3)86)82(127)90-44(4)72(117)93-57(36-64(87)106)79(124)91-52(26-29-65(107)108)74(119)95-55(76(121)89-45(5)73(118)101-62)34-49-23-18-22-48-21-16-17-24-51(48)49/h11-24,43-45,50,52-63,69,105H,1,25-42,86H2,2-10H3,(H2,87,106)(H2,88,115)(H,89,121)(H,90,127)(H,91,124)(H,92,128)(H,93,117)(H,94,125)(H,95,119)(H,96,122)(H,97,120)(H,98,123)(H,99,129)(H,100,116)(H,101,118)(H,102,126)(H,107,108)(H,109,110)(H,111,112)(H,113,114)/b46-12+/t43-,44+,45+,50?,52-,53-,54-,55-,56-,57-,58-,59-,60-,61-,62+,63-,69+/m0/s1. The first kappa shape index (κ1) is 108. The second kappa shape index (κ2) is 51.8. The highest BCUT2D eigenvalue weighted by Crippen LogP contribution is 2.32. The molecular formula is C85H121N19O25S. The Morgan fingerprint density at radius 3 is 1.45 bits per heavy atom. The number of allylic oxidation sites excluding steroid dienone is 2. The van der Waals surface area contributed by atoms with Crippen LogP contribution in [0.25, 0.3) is 10.8 Å². The fourth-order valence-corrected chi connectivity index (χ4v) is 14.7. The molecular weight excluding hydrogens is 1720 g/mol. The molecule has 45 heteroatoms. The molecule has 3 aromatic carbocycles. The van der Waals surface area contributed by atoms with Gasteiger partial charge in [-0.25, -0.2) is 0 Å². The maximum absolute atomic E-state index is 15.0. The topological polar surface area (TPSA) is 696 Å². The molecule has 17 atom stereocenters. The number of nitrogens with two attached hydrogens (primary N) is 3. The number of carbonyl (C=O) groups is 20. The van der Waals surface area contributed by atoms with Crippen LogP contribution in [0.3, 0.4) is 0 Å². The van der Waals surface area contributed by atoms with Gasteiger partial charge in [0, 0.05) is 63.4 Å². The highest BCUT2D eigenvalue weighted by Gasteiger charge is 2.43. The fourth-order valence-electron chi connectivity index (χ4n) is 13.6. The molecule has 0 aromatic heterocycles. The molecule has 0 bridgehead atoms. The summed E-state index contributed by atoms with van der Waals surface area (Å²) in [6, 6.07) is -6.97. The van der Waals surface area contributed by atoms with Gasteiger partial charge in [-0.15, -0.1) is 0 Å². The number of fused-ring (bicyclic) bond motifs is 1. The minimum atomic E-state index is -2.19. The first-order valence-electron chi connectivity index (χ1n) is 41.9. The second-order valence-electron chi connectivity index (χ2n) is 33.1. The summed E-state index contributed by atoms with van der Waals surface area (Å²) in [5, 5.41) is 86.3. The van der Waals surface area contributed by atoms with Gasteiger partial charge in [-0.1, -0.05) is 112 Å². The zero-order valence-corrected chi connectivity index (χ0v) is 74.6. The molecule has 130 heavy (non-hydrogen) atoms. The van der Waals surface area contributed by atoms with E-state index in [2.05, 4.69) is 81.0 Å². The largest absolute Gasteiger partial charge is 0.481 e. The molecule has 0 spiro atoms. The summed E-state index contributed by atoms with van der Waals surface area (Å²) in [4.78, 5) is 282. The summed E-state index contributed by atoms with van der Waals surface area (Å²) in [6.45, 7) is 12.9. The third-order valence-corrected chi connectivity index (χ3v) is 22.4. The van der Waals surface area contributed by atoms with Gasteiger partial charge in [0.15, 0.2) is 0 Å². The van der Waals surface area contributed by atoms with Crippen LogP contribution in [0.1, 0.15) is 124 Å². The minimum Gasteiger partial charge on any atom is -0.481 e. The Morgan fingerprint density at radius 2 is 0.954 bits per heavy atom. The van der Waals surface area contributed by atoms with Gasteiger partial charge in [-0.05, 0) is 113 Å². The van der Waals surface area contributed by atoms with Crippen LogP contribution in [0.15, 0.2) is 97.1 Å². The van der Waals surface area contributed by atoms with Gasteiger partial charge in [-0.2, -0.15) is 11.8 Å². The molecule has 16 amide bonds. The number of primary amides is 2. The van der Waals surface area contributed by atoms with Gasteiger partial charge in [0.25, 0.3) is 0 Å². The lowest BCUT2D eigenvalue weighted by atomic mass is 9.77. The summed E-state index contributed by atoms with van der Waals surface area (Å²) in [5.74, 6) is -26.2. The minimum absolute atomic E-state index is 0.0111. The van der Waals surface area contributed by atoms with Crippen LogP contribution in [-0.2, 0) is 109 Å². The van der Waals surface area contributed by atoms with Crippen LogP contribution in [0.5, 0.6) is 0 Å². The third-order valence-electron chi connectivity index (χ3n) is 21.3. The fraction of sp³-hybridized carbons (Fsp3) is 0.529. The first-order chi connectivity index (χ1) is 61.1. The SMILES string of the molecule is C=C/C(=C\C)CSC[C@H]1NC(=O)[C@@H](C)NC(=O)[C@H](Cc2cccc3ccccc23)NC(=O)[C@H](CCC(=O)O)NC(=O)[C@H](CC(N)=O)NC(=O)[C@@H](C)NC(=O)[C@@H](NC(=O)[C@H](C)N)CN(C)CCN(C)C[C@@H](C(N)=O)NC(=O)[C@H](C(C)(C)C)NC(=O)[C@H](CC(=O)O)NC(=O)[C@H](CC2CC[C@@H]2O)NC(=O)[C@H](Cc2ccccc2)NC(=O)[C@H](CC(=O)O)NC(=O)[C@H](CCC(=O)O)NC1=O. The molecule has 2 aliphatic rings. The van der Waals surface area contributed by atoms with Crippen molar-refractivity contribution in [3.05, 3.63) is 108 Å². The van der Waals surface area contributed by atoms with E-state index in [4.69, 9.17) is 17.2 Å². The van der Waals surface area contributed by atoms with Crippen molar-refractivity contribution in [2.24, 2.45) is 28.5 Å². The number of rotatable bonds is 26. The molecule has 5 rings (SSSR count). The molecule has 1 unspecified atom stereocenters. The lowest BCUT2D eigenvalue weighted by Crippen LogP contribution is -2.63. The van der Waals surface area contributed by atoms with Gasteiger partial charge in [-0.3, -0.25) is 95.9 Å². The van der Waals surface area contributed by atoms with Crippen molar-refractivity contribution in [2.45, 2.75) is 222 Å². The van der Waals surface area contributed by atoms with Crippen LogP contribution >= 0.6 is 11.8 Å². The lowest BCUT2D eigenvalue weighted by Gasteiger charge is -2.36. The highest BCUT2D eigenvalue weighted by atomic mass is 32.2. The van der Waals surface area contributed by atoms with Crippen LogP contribution in [0, 0.1) is 11.3 Å². The Kier molecular flexibility index (Phi) is 42.9. The van der Waals surface area contributed by atoms with E-state index in [-0.39, 0.29) is 50.5 Å². The number of carbonyl (C=O) groups excluding carboxylic acids is 16. The van der Waals surface area contributed by atoms with Crippen molar-refractivity contribution in [2.75, 3.05) is 51.8 Å². The Bertz CT molecular complexity index is 4640. The quantitative estimate of drug-likeness (QED) is 0.0334. The van der Waals surface area contributed by atoms with Gasteiger partial charge in [0.05, 0.1) is 31.4 Å². The molecule has 1 saturated heterocycles. The number of benzene rings is 3. The number of amides is 16. The maximum atomic E-state index is 15.0. The number of carboxylic acids is 4. The molecule has 712 valence electrons. The number of hydrogen-bond donors (Lipinski definition) is 22. The van der Waals surface area contributed by atoms with Gasteiger partial charge < -0.3 is 127 Å². The Hall–Kier alpha value is -13.0. The van der Waals surface area contributed by atoms with Gasteiger partial charge >= 0.3 is 23.9 Å². The molecule has 3 aromatic rings. The van der Waals surface area contributed by atoms with Crippen LogP contribution in [0.2, 0.25) is 0 Å². The molecule has 2 fully saturated rings. The molecule has 44 nitrogen and oxygen atoms in total. The summed E-state index contributed by atoms with van der Waals surface area (Å²) in [6.07, 6.45) is -5.23. The maximum Gasteiger partial charge on any atom is 0.305 e. The van der Waals surface area contributed by atoms with E-state index >= 15 is 0 Å². The number of hydrogen-bond acceptors (Lipinski definition) is 25. The molecule has 1 aliphatic heterocycles. The average molecular weight is 1840 g/mol. The van der Waals surface area contributed by atoms with E-state index in [1.54, 1.807) is 73.7 Å². The van der Waals surface area contributed by atoms with Crippen LogP contribution in [-0.4, -0.2) is 302 Å². The smallest absolute Gasteiger partial charge is 0.305 e. The van der Waals surface area contributed by atoms with Crippen molar-refractivity contribution in [3.8, 4) is 0 Å². The van der Waals surface area contributed by atoms with Gasteiger partial charge in [0.1, 0.15) is 84.6 Å². The molecule has 0 radical (unpaired) electrons. The number of aliphatic hydroxyl groups excluding tert-OH is 1. The summed E-state index contributed by atoms with van der Waals surface area (Å²) < 4.78 is 0. The van der Waals surface area contributed by atoms with Gasteiger partial charge in [0.2, 0.25) is 94.5 Å². The zero-order chi connectivity index (χ0) is 97.1. The number of nitrogens with zero attached hydrogens (tertiary/aromatic N) is 2. The van der Waals surface area contributed by atoms with E-state index in [9.17, 15) is 121 Å². The number of thioether (sulfide) groups is 1. The predicted octanol–water partition coefficient (Wildman–Crippen LogP) is -5.21. The van der Waals surface area contributed by atoms with E-state index < -0.39 is 291 Å². The van der Waals surface area contributed by atoms with E-state index in [1.165, 1.54) is 69.8 Å². The normalized spacial score (nSPS) is 25.9. The molecule has 1 aliphatic carbocycles. The third kappa shape index (κ3) is 35.9. The Labute approximate surface area is 754 Å². The lowest BCUT2D eigenvalue weighted by molar-refractivity contribution is -0.143. The number of aliphatic hydroxyl groups is 1. The monoisotopic (exact) mass is 1840 g/mol. The van der Waals surface area contributed by atoms with Crippen molar-refractivity contribution in [1.82, 2.24) is 84.2 Å². The number of carboxylic acid groups (broad SMARTS) is 4. The number of nitrogens with one attached hydrogen (secondary N) is 14. The van der Waals surface area contributed by atoms with Crippen LogP contribution in [0.4, 0.5) is 0 Å².